The molecule has 0 aliphatic rings. The van der Waals surface area contributed by atoms with Crippen LogP contribution in [0.4, 0.5) is 0 Å². The third kappa shape index (κ3) is 23.0. The molecule has 0 unspecified atom stereocenters. The lowest BCUT2D eigenvalue weighted by Gasteiger charge is -2.01. The summed E-state index contributed by atoms with van der Waals surface area (Å²) in [5.41, 5.74) is 0. The van der Waals surface area contributed by atoms with Crippen molar-refractivity contribution in [2.75, 3.05) is 0 Å². The molecule has 16 heavy (non-hydrogen) atoms. The highest BCUT2D eigenvalue weighted by Crippen LogP contribution is 1.88. The van der Waals surface area contributed by atoms with Crippen LogP contribution in [0.5, 0.6) is 0 Å². The zero-order chi connectivity index (χ0) is 13.1. The second-order valence-electron chi connectivity index (χ2n) is 3.44. The highest BCUT2D eigenvalue weighted by atomic mass is 17.2. The van der Waals surface area contributed by atoms with Gasteiger partial charge in [0.05, 0.1) is 12.2 Å². The van der Waals surface area contributed by atoms with Crippen molar-refractivity contribution < 1.29 is 29.1 Å². The van der Waals surface area contributed by atoms with Gasteiger partial charge in [-0.05, 0) is 27.7 Å². The van der Waals surface area contributed by atoms with Crippen LogP contribution < -0.4 is 0 Å². The summed E-state index contributed by atoms with van der Waals surface area (Å²) < 4.78 is 0. The first-order valence-corrected chi connectivity index (χ1v) is 4.93. The smallest absolute Gasteiger partial charge is 0.298 e. The number of rotatable bonds is 4. The molecule has 6 nitrogen and oxygen atoms in total. The lowest BCUT2D eigenvalue weighted by molar-refractivity contribution is -0.289. The summed E-state index contributed by atoms with van der Waals surface area (Å²) in [4.78, 5) is 37.2. The first-order chi connectivity index (χ1) is 7.25. The van der Waals surface area contributed by atoms with Gasteiger partial charge in [0.15, 0.2) is 0 Å². The second kappa shape index (κ2) is 10.4. The molecule has 0 radical (unpaired) electrons. The van der Waals surface area contributed by atoms with Gasteiger partial charge in [-0.15, -0.1) is 0 Å². The summed E-state index contributed by atoms with van der Waals surface area (Å²) in [6.07, 6.45) is -0.113. The Morgan fingerprint density at radius 2 is 1.00 bits per heavy atom. The Morgan fingerprint density at radius 1 is 0.750 bits per heavy atom. The average Bonchev–Trinajstić information content (AvgIpc) is 2.12. The van der Waals surface area contributed by atoms with Gasteiger partial charge in [-0.25, -0.2) is 9.59 Å². The van der Waals surface area contributed by atoms with Crippen LogP contribution in [0.1, 0.15) is 41.5 Å². The van der Waals surface area contributed by atoms with Gasteiger partial charge in [-0.3, -0.25) is 9.78 Å². The molecule has 0 aromatic carbocycles. The molecule has 0 rings (SSSR count). The van der Waals surface area contributed by atoms with Crippen LogP contribution in [0.3, 0.4) is 0 Å². The van der Waals surface area contributed by atoms with Crippen LogP contribution in [0.2, 0.25) is 0 Å². The van der Waals surface area contributed by atoms with E-state index >= 15 is 0 Å². The van der Waals surface area contributed by atoms with Gasteiger partial charge < -0.3 is 0 Å². The van der Waals surface area contributed by atoms with Crippen molar-refractivity contribution in [1.82, 2.24) is 0 Å². The summed E-state index contributed by atoms with van der Waals surface area (Å²) in [6.45, 7) is 9.71. The van der Waals surface area contributed by atoms with Gasteiger partial charge in [0.25, 0.3) is 0 Å². The third-order valence-electron chi connectivity index (χ3n) is 0.716. The maximum atomic E-state index is 10.0. The minimum atomic E-state index is -0.418. The number of hydrogen-bond donors (Lipinski definition) is 0. The molecule has 0 aliphatic heterocycles. The molecule has 0 heterocycles. The Labute approximate surface area is 95.7 Å². The van der Waals surface area contributed by atoms with E-state index in [1.165, 1.54) is 13.8 Å². The standard InChI is InChI=1S/2C5H10O3/c2*1-4(2)7-8-5(3)6/h2*4H,1-3H3. The fourth-order valence-corrected chi connectivity index (χ4v) is 0.328. The topological polar surface area (TPSA) is 71.1 Å². The monoisotopic (exact) mass is 236 g/mol. The van der Waals surface area contributed by atoms with E-state index in [0.29, 0.717) is 0 Å². The largest absolute Gasteiger partial charge is 0.339 e. The minimum absolute atomic E-state index is 0.0566. The van der Waals surface area contributed by atoms with Crippen LogP contribution in [0.25, 0.3) is 0 Å². The summed E-state index contributed by atoms with van der Waals surface area (Å²) in [5.74, 6) is -0.836. The van der Waals surface area contributed by atoms with Gasteiger partial charge in [-0.2, -0.15) is 9.78 Å². The number of hydrogen-bond acceptors (Lipinski definition) is 6. The summed E-state index contributed by atoms with van der Waals surface area (Å²) in [5, 5.41) is 0. The van der Waals surface area contributed by atoms with Crippen LogP contribution in [-0.2, 0) is 29.1 Å². The molecule has 0 N–H and O–H groups in total. The first kappa shape index (κ1) is 17.3. The molecular formula is C10H20O6. The van der Waals surface area contributed by atoms with Crippen molar-refractivity contribution in [3.63, 3.8) is 0 Å². The first-order valence-electron chi connectivity index (χ1n) is 4.93. The van der Waals surface area contributed by atoms with E-state index in [0.717, 1.165) is 0 Å². The van der Waals surface area contributed by atoms with Crippen molar-refractivity contribution in [3.05, 3.63) is 0 Å². The Hall–Kier alpha value is -1.14. The fraction of sp³-hybridized carbons (Fsp3) is 0.800. The molecular weight excluding hydrogens is 216 g/mol. The van der Waals surface area contributed by atoms with Crippen LogP contribution in [-0.4, -0.2) is 24.1 Å². The molecule has 0 amide bonds. The highest BCUT2D eigenvalue weighted by Gasteiger charge is 1.96. The summed E-state index contributed by atoms with van der Waals surface area (Å²) >= 11 is 0. The van der Waals surface area contributed by atoms with Gasteiger partial charge in [0.1, 0.15) is 0 Å². The molecule has 96 valence electrons. The van der Waals surface area contributed by atoms with Gasteiger partial charge in [0.2, 0.25) is 0 Å². The van der Waals surface area contributed by atoms with Crippen molar-refractivity contribution in [2.45, 2.75) is 53.8 Å². The van der Waals surface area contributed by atoms with E-state index in [1.807, 2.05) is 0 Å². The van der Waals surface area contributed by atoms with E-state index in [4.69, 9.17) is 0 Å². The van der Waals surface area contributed by atoms with E-state index in [2.05, 4.69) is 19.6 Å². The average molecular weight is 236 g/mol. The SMILES string of the molecule is CC(=O)OOC(C)C.CC(=O)OOC(C)C. The maximum Gasteiger partial charge on any atom is 0.339 e. The molecule has 6 heteroatoms. The van der Waals surface area contributed by atoms with Crippen molar-refractivity contribution >= 4 is 11.9 Å². The molecule has 0 aromatic rings. The van der Waals surface area contributed by atoms with E-state index in [1.54, 1.807) is 27.7 Å². The minimum Gasteiger partial charge on any atom is -0.298 e. The summed E-state index contributed by atoms with van der Waals surface area (Å²) in [6, 6.07) is 0. The van der Waals surface area contributed by atoms with Crippen molar-refractivity contribution in [1.29, 1.82) is 0 Å². The zero-order valence-corrected chi connectivity index (χ0v) is 10.6. The van der Waals surface area contributed by atoms with E-state index in [-0.39, 0.29) is 12.2 Å². The predicted molar refractivity (Wildman–Crippen MR) is 56.0 cm³/mol. The lowest BCUT2D eigenvalue weighted by atomic mass is 10.5. The summed E-state index contributed by atoms with van der Waals surface area (Å²) in [7, 11) is 0. The predicted octanol–water partition coefficient (Wildman–Crippen LogP) is 1.78. The Bertz CT molecular complexity index is 177. The Kier molecular flexibility index (Phi) is 11.2. The highest BCUT2D eigenvalue weighted by molar-refractivity contribution is 5.65. The Morgan fingerprint density at radius 3 is 1.06 bits per heavy atom. The molecule has 0 saturated heterocycles. The van der Waals surface area contributed by atoms with Crippen molar-refractivity contribution in [2.24, 2.45) is 0 Å². The molecule has 0 bridgehead atoms. The van der Waals surface area contributed by atoms with Gasteiger partial charge >= 0.3 is 11.9 Å². The lowest BCUT2D eigenvalue weighted by Crippen LogP contribution is -2.06. The maximum absolute atomic E-state index is 10.0. The quantitative estimate of drug-likeness (QED) is 0.547. The number of carbonyl (C=O) groups excluding carboxylic acids is 2. The molecule has 0 saturated carbocycles. The fourth-order valence-electron chi connectivity index (χ4n) is 0.328. The zero-order valence-electron chi connectivity index (χ0n) is 10.6. The van der Waals surface area contributed by atoms with E-state index < -0.39 is 11.9 Å². The molecule has 0 fully saturated rings. The van der Waals surface area contributed by atoms with Gasteiger partial charge in [0, 0.05) is 13.8 Å². The third-order valence-corrected chi connectivity index (χ3v) is 0.716. The molecule has 0 aliphatic carbocycles. The second-order valence-corrected chi connectivity index (χ2v) is 3.44. The van der Waals surface area contributed by atoms with Gasteiger partial charge in [-0.1, -0.05) is 0 Å². The van der Waals surface area contributed by atoms with Crippen LogP contribution in [0.15, 0.2) is 0 Å². The Balaban J connectivity index is 0. The molecule has 0 aromatic heterocycles. The molecule has 0 atom stereocenters. The normalized spacial score (nSPS) is 9.50. The number of carbonyl (C=O) groups is 2. The van der Waals surface area contributed by atoms with Crippen LogP contribution in [0, 0.1) is 0 Å². The van der Waals surface area contributed by atoms with E-state index in [9.17, 15) is 9.59 Å². The molecule has 0 spiro atoms. The van der Waals surface area contributed by atoms with Crippen LogP contribution >= 0.6 is 0 Å². The van der Waals surface area contributed by atoms with Crippen molar-refractivity contribution in [3.8, 4) is 0 Å².